The van der Waals surface area contributed by atoms with Crippen LogP contribution < -0.4 is 0 Å². The molecule has 18 heavy (non-hydrogen) atoms. The number of hydrogen-bond acceptors (Lipinski definition) is 0. The van der Waals surface area contributed by atoms with E-state index in [9.17, 15) is 13.2 Å². The molecule has 0 spiro atoms. The molecule has 1 aromatic carbocycles. The van der Waals surface area contributed by atoms with E-state index in [0.717, 1.165) is 31.7 Å². The highest BCUT2D eigenvalue weighted by Crippen LogP contribution is 2.40. The van der Waals surface area contributed by atoms with Crippen molar-refractivity contribution in [2.45, 2.75) is 43.4 Å². The molecule has 1 aliphatic carbocycles. The molecule has 1 aliphatic rings. The average molecular weight is 321 g/mol. The third-order valence-electron chi connectivity index (χ3n) is 3.65. The molecule has 0 nitrogen and oxygen atoms in total. The maximum Gasteiger partial charge on any atom is 0.161 e. The van der Waals surface area contributed by atoms with Crippen LogP contribution in [0.15, 0.2) is 12.1 Å². The fraction of sp³-hybridized carbons (Fsp3) is 0.571. The van der Waals surface area contributed by atoms with Gasteiger partial charge in [0.05, 0.1) is 0 Å². The van der Waals surface area contributed by atoms with Crippen LogP contribution >= 0.6 is 15.9 Å². The first-order chi connectivity index (χ1) is 8.59. The number of alkyl halides is 1. The van der Waals surface area contributed by atoms with Crippen molar-refractivity contribution in [3.8, 4) is 0 Å². The van der Waals surface area contributed by atoms with Crippen molar-refractivity contribution in [2.24, 2.45) is 5.92 Å². The van der Waals surface area contributed by atoms with Gasteiger partial charge in [0, 0.05) is 16.5 Å². The number of hydrogen-bond donors (Lipinski definition) is 0. The van der Waals surface area contributed by atoms with Gasteiger partial charge in [-0.1, -0.05) is 41.6 Å². The molecule has 0 aromatic heterocycles. The Morgan fingerprint density at radius 1 is 0.889 bits per heavy atom. The first kappa shape index (κ1) is 13.9. The summed E-state index contributed by atoms with van der Waals surface area (Å²) in [6, 6.07) is 1.62. The summed E-state index contributed by atoms with van der Waals surface area (Å²) in [5.74, 6) is -2.48. The van der Waals surface area contributed by atoms with Gasteiger partial charge < -0.3 is 0 Å². The predicted molar refractivity (Wildman–Crippen MR) is 69.2 cm³/mol. The van der Waals surface area contributed by atoms with E-state index < -0.39 is 17.5 Å². The maximum absolute atomic E-state index is 13.7. The third-order valence-corrected chi connectivity index (χ3v) is 4.89. The van der Waals surface area contributed by atoms with Crippen LogP contribution in [0.5, 0.6) is 0 Å². The first-order valence-electron chi connectivity index (χ1n) is 6.38. The molecule has 4 heteroatoms. The SMILES string of the molecule is Fc1cc(F)c(C(Br)C2CCCCCC2)cc1F. The molecule has 1 atom stereocenters. The zero-order valence-corrected chi connectivity index (χ0v) is 11.6. The Hall–Kier alpha value is -0.510. The molecule has 1 unspecified atom stereocenters. The topological polar surface area (TPSA) is 0 Å². The highest BCUT2D eigenvalue weighted by Gasteiger charge is 2.25. The van der Waals surface area contributed by atoms with Crippen molar-refractivity contribution in [1.29, 1.82) is 0 Å². The van der Waals surface area contributed by atoms with Crippen molar-refractivity contribution in [3.05, 3.63) is 35.1 Å². The lowest BCUT2D eigenvalue weighted by molar-refractivity contribution is 0.436. The Kier molecular flexibility index (Phi) is 4.71. The van der Waals surface area contributed by atoms with Gasteiger partial charge in [-0.3, -0.25) is 0 Å². The lowest BCUT2D eigenvalue weighted by atomic mass is 9.92. The molecule has 0 saturated heterocycles. The van der Waals surface area contributed by atoms with Crippen LogP contribution in [0.4, 0.5) is 13.2 Å². The van der Waals surface area contributed by atoms with Crippen LogP contribution in [-0.2, 0) is 0 Å². The smallest absolute Gasteiger partial charge is 0.161 e. The van der Waals surface area contributed by atoms with Crippen LogP contribution in [0.3, 0.4) is 0 Å². The van der Waals surface area contributed by atoms with Gasteiger partial charge in [0.15, 0.2) is 11.6 Å². The van der Waals surface area contributed by atoms with Gasteiger partial charge in [-0.2, -0.15) is 0 Å². The molecule has 100 valence electrons. The minimum atomic E-state index is -1.13. The van der Waals surface area contributed by atoms with Gasteiger partial charge in [0.1, 0.15) is 5.82 Å². The monoisotopic (exact) mass is 320 g/mol. The normalized spacial score (nSPS) is 19.6. The van der Waals surface area contributed by atoms with Crippen LogP contribution in [0.1, 0.15) is 48.9 Å². The largest absolute Gasteiger partial charge is 0.207 e. The molecule has 0 radical (unpaired) electrons. The van der Waals surface area contributed by atoms with Crippen molar-refractivity contribution in [3.63, 3.8) is 0 Å². The van der Waals surface area contributed by atoms with E-state index in [1.54, 1.807) is 0 Å². The molecule has 0 heterocycles. The van der Waals surface area contributed by atoms with Crippen LogP contribution in [-0.4, -0.2) is 0 Å². The molecule has 0 aliphatic heterocycles. The van der Waals surface area contributed by atoms with Crippen molar-refractivity contribution < 1.29 is 13.2 Å². The quantitative estimate of drug-likeness (QED) is 0.383. The van der Waals surface area contributed by atoms with E-state index in [-0.39, 0.29) is 10.4 Å². The van der Waals surface area contributed by atoms with E-state index in [2.05, 4.69) is 15.9 Å². The second-order valence-electron chi connectivity index (χ2n) is 4.94. The minimum Gasteiger partial charge on any atom is -0.207 e. The lowest BCUT2D eigenvalue weighted by Gasteiger charge is -2.21. The number of rotatable bonds is 2. The Morgan fingerprint density at radius 2 is 1.44 bits per heavy atom. The molecule has 2 rings (SSSR count). The summed E-state index contributed by atoms with van der Waals surface area (Å²) in [6.45, 7) is 0. The predicted octanol–water partition coefficient (Wildman–Crippen LogP) is 5.51. The summed E-state index contributed by atoms with van der Waals surface area (Å²) >= 11 is 3.46. The van der Waals surface area contributed by atoms with Crippen molar-refractivity contribution in [1.82, 2.24) is 0 Å². The number of halogens is 4. The lowest BCUT2D eigenvalue weighted by Crippen LogP contribution is -2.09. The van der Waals surface area contributed by atoms with Gasteiger partial charge in [-0.25, -0.2) is 13.2 Å². The van der Waals surface area contributed by atoms with Gasteiger partial charge in [0.2, 0.25) is 0 Å². The van der Waals surface area contributed by atoms with E-state index in [4.69, 9.17) is 0 Å². The van der Waals surface area contributed by atoms with Gasteiger partial charge in [-0.05, 0) is 24.8 Å². The molecule has 1 aromatic rings. The fourth-order valence-corrected chi connectivity index (χ4v) is 3.49. The van der Waals surface area contributed by atoms with E-state index >= 15 is 0 Å². The van der Waals surface area contributed by atoms with Gasteiger partial charge in [-0.15, -0.1) is 0 Å². The zero-order chi connectivity index (χ0) is 13.1. The summed E-state index contributed by atoms with van der Waals surface area (Å²) in [7, 11) is 0. The molecule has 0 amide bonds. The molecular weight excluding hydrogens is 305 g/mol. The highest BCUT2D eigenvalue weighted by atomic mass is 79.9. The first-order valence-corrected chi connectivity index (χ1v) is 7.29. The minimum absolute atomic E-state index is 0.231. The second-order valence-corrected chi connectivity index (χ2v) is 5.93. The molecular formula is C14H16BrF3. The molecule has 1 fully saturated rings. The van der Waals surface area contributed by atoms with Crippen molar-refractivity contribution in [2.75, 3.05) is 0 Å². The highest BCUT2D eigenvalue weighted by molar-refractivity contribution is 9.09. The molecule has 0 bridgehead atoms. The zero-order valence-electron chi connectivity index (χ0n) is 10.1. The Morgan fingerprint density at radius 3 is 2.06 bits per heavy atom. The Bertz CT molecular complexity index is 412. The van der Waals surface area contributed by atoms with E-state index in [1.165, 1.54) is 12.8 Å². The molecule has 1 saturated carbocycles. The Labute approximate surface area is 114 Å². The molecule has 0 N–H and O–H groups in total. The summed E-state index contributed by atoms with van der Waals surface area (Å²) in [4.78, 5) is -0.231. The summed E-state index contributed by atoms with van der Waals surface area (Å²) in [5, 5.41) is 0. The summed E-state index contributed by atoms with van der Waals surface area (Å²) in [5.41, 5.74) is 0.237. The van der Waals surface area contributed by atoms with Gasteiger partial charge >= 0.3 is 0 Å². The van der Waals surface area contributed by atoms with E-state index in [1.807, 2.05) is 0 Å². The van der Waals surface area contributed by atoms with Crippen LogP contribution in [0.2, 0.25) is 0 Å². The average Bonchev–Trinajstić information content (AvgIpc) is 2.61. The number of benzene rings is 1. The van der Waals surface area contributed by atoms with Gasteiger partial charge in [0.25, 0.3) is 0 Å². The van der Waals surface area contributed by atoms with Crippen molar-refractivity contribution >= 4 is 15.9 Å². The standard InChI is InChI=1S/C14H16BrF3/c15-14(9-5-3-1-2-4-6-9)10-7-12(17)13(18)8-11(10)16/h7-9,14H,1-6H2. The third kappa shape index (κ3) is 3.08. The fourth-order valence-electron chi connectivity index (χ4n) is 2.61. The van der Waals surface area contributed by atoms with Crippen LogP contribution in [0, 0.1) is 23.4 Å². The van der Waals surface area contributed by atoms with E-state index in [0.29, 0.717) is 12.0 Å². The summed E-state index contributed by atoms with van der Waals surface area (Å²) in [6.07, 6.45) is 6.67. The summed E-state index contributed by atoms with van der Waals surface area (Å²) < 4.78 is 39.8. The maximum atomic E-state index is 13.7. The van der Waals surface area contributed by atoms with Crippen LogP contribution in [0.25, 0.3) is 0 Å². The Balaban J connectivity index is 2.21. The second kappa shape index (κ2) is 6.09.